The van der Waals surface area contributed by atoms with Crippen LogP contribution < -0.4 is 5.73 Å². The molecule has 0 heterocycles. The van der Waals surface area contributed by atoms with Crippen LogP contribution in [-0.2, 0) is 0 Å². The molecular formula is C12H14FN. The van der Waals surface area contributed by atoms with E-state index in [1.54, 1.807) is 12.1 Å². The largest absolute Gasteiger partial charge is 0.324 e. The highest BCUT2D eigenvalue weighted by Crippen LogP contribution is 2.28. The lowest BCUT2D eigenvalue weighted by Crippen LogP contribution is -2.11. The van der Waals surface area contributed by atoms with E-state index in [4.69, 9.17) is 5.73 Å². The highest BCUT2D eigenvalue weighted by atomic mass is 19.1. The number of allylic oxidation sites excluding steroid dienone is 1. The van der Waals surface area contributed by atoms with Gasteiger partial charge in [-0.05, 0) is 48.6 Å². The Morgan fingerprint density at radius 3 is 2.71 bits per heavy atom. The number of hydrogen-bond donors (Lipinski definition) is 1. The van der Waals surface area contributed by atoms with Crippen LogP contribution in [0.2, 0.25) is 0 Å². The lowest BCUT2D eigenvalue weighted by atomic mass is 10.0. The summed E-state index contributed by atoms with van der Waals surface area (Å²) in [5, 5.41) is 0. The van der Waals surface area contributed by atoms with Gasteiger partial charge in [0.2, 0.25) is 0 Å². The molecule has 1 unspecified atom stereocenters. The number of nitrogens with two attached hydrogens (primary N) is 1. The average molecular weight is 191 g/mol. The van der Waals surface area contributed by atoms with Crippen LogP contribution in [0.3, 0.4) is 0 Å². The molecule has 74 valence electrons. The van der Waals surface area contributed by atoms with Crippen molar-refractivity contribution in [2.75, 3.05) is 0 Å². The molecule has 1 aliphatic carbocycles. The minimum absolute atomic E-state index is 0.147. The molecule has 1 aromatic carbocycles. The Kier molecular flexibility index (Phi) is 2.38. The Bertz CT molecular complexity index is 362. The number of benzene rings is 1. The maximum atomic E-state index is 13.1. The maximum absolute atomic E-state index is 13.1. The van der Waals surface area contributed by atoms with Crippen molar-refractivity contribution in [2.24, 2.45) is 5.73 Å². The Labute approximate surface area is 83.4 Å². The molecule has 0 aliphatic heterocycles. The number of halogens is 1. The summed E-state index contributed by atoms with van der Waals surface area (Å²) in [6.45, 7) is 1.90. The molecule has 2 heteroatoms. The van der Waals surface area contributed by atoms with Crippen molar-refractivity contribution in [3.05, 3.63) is 41.2 Å². The van der Waals surface area contributed by atoms with Gasteiger partial charge in [-0.3, -0.25) is 0 Å². The lowest BCUT2D eigenvalue weighted by molar-refractivity contribution is 0.626. The van der Waals surface area contributed by atoms with Gasteiger partial charge in [-0.15, -0.1) is 0 Å². The van der Waals surface area contributed by atoms with Gasteiger partial charge in [-0.1, -0.05) is 12.1 Å². The predicted octanol–water partition coefficient (Wildman–Crippen LogP) is 2.64. The molecule has 0 amide bonds. The second kappa shape index (κ2) is 3.54. The van der Waals surface area contributed by atoms with Gasteiger partial charge in [-0.2, -0.15) is 0 Å². The molecule has 14 heavy (non-hydrogen) atoms. The third-order valence-corrected chi connectivity index (χ3v) is 2.58. The fourth-order valence-corrected chi connectivity index (χ4v) is 1.91. The number of aryl methyl sites for hydroxylation is 1. The van der Waals surface area contributed by atoms with E-state index in [1.807, 2.05) is 19.1 Å². The third-order valence-electron chi connectivity index (χ3n) is 2.58. The van der Waals surface area contributed by atoms with Crippen molar-refractivity contribution in [1.29, 1.82) is 0 Å². The minimum atomic E-state index is -0.165. The van der Waals surface area contributed by atoms with E-state index in [2.05, 4.69) is 0 Å². The van der Waals surface area contributed by atoms with Crippen molar-refractivity contribution < 1.29 is 4.39 Å². The zero-order chi connectivity index (χ0) is 10.1. The quantitative estimate of drug-likeness (QED) is 0.725. The summed E-state index contributed by atoms with van der Waals surface area (Å²) in [5.41, 5.74) is 8.89. The fourth-order valence-electron chi connectivity index (χ4n) is 1.91. The third kappa shape index (κ3) is 1.85. The Morgan fingerprint density at radius 1 is 1.36 bits per heavy atom. The molecular weight excluding hydrogens is 177 g/mol. The normalized spacial score (nSPS) is 21.1. The summed E-state index contributed by atoms with van der Waals surface area (Å²) >= 11 is 0. The summed E-state index contributed by atoms with van der Waals surface area (Å²) < 4.78 is 13.1. The van der Waals surface area contributed by atoms with Crippen LogP contribution in [0, 0.1) is 12.7 Å². The zero-order valence-electron chi connectivity index (χ0n) is 8.26. The summed E-state index contributed by atoms with van der Waals surface area (Å²) in [4.78, 5) is 0. The van der Waals surface area contributed by atoms with Crippen molar-refractivity contribution in [1.82, 2.24) is 0 Å². The highest BCUT2D eigenvalue weighted by Gasteiger charge is 2.13. The van der Waals surface area contributed by atoms with Crippen molar-refractivity contribution in [2.45, 2.75) is 25.8 Å². The number of hydrogen-bond acceptors (Lipinski definition) is 1. The Morgan fingerprint density at radius 2 is 2.14 bits per heavy atom. The molecule has 0 fully saturated rings. The van der Waals surface area contributed by atoms with Gasteiger partial charge in [-0.25, -0.2) is 4.39 Å². The van der Waals surface area contributed by atoms with Crippen molar-refractivity contribution >= 4 is 5.57 Å². The van der Waals surface area contributed by atoms with Crippen LogP contribution in [-0.4, -0.2) is 6.04 Å². The standard InChI is InChI=1S/C12H14FN/c1-8-4-10(6-11(13)5-8)9-2-3-12(14)7-9/h4-7,12H,2-3,14H2,1H3. The van der Waals surface area contributed by atoms with Crippen molar-refractivity contribution in [3.8, 4) is 0 Å². The molecule has 0 saturated carbocycles. The Hall–Kier alpha value is -1.15. The Balaban J connectivity index is 2.37. The molecule has 1 aromatic rings. The van der Waals surface area contributed by atoms with E-state index in [1.165, 1.54) is 5.57 Å². The van der Waals surface area contributed by atoms with Crippen LogP contribution >= 0.6 is 0 Å². The summed E-state index contributed by atoms with van der Waals surface area (Å²) in [6, 6.07) is 5.27. The van der Waals surface area contributed by atoms with Gasteiger partial charge in [0, 0.05) is 6.04 Å². The van der Waals surface area contributed by atoms with E-state index in [9.17, 15) is 4.39 Å². The monoisotopic (exact) mass is 191 g/mol. The molecule has 0 aromatic heterocycles. The minimum Gasteiger partial charge on any atom is -0.324 e. The summed E-state index contributed by atoms with van der Waals surface area (Å²) in [7, 11) is 0. The van der Waals surface area contributed by atoms with Crippen LogP contribution in [0.25, 0.3) is 5.57 Å². The maximum Gasteiger partial charge on any atom is 0.124 e. The molecule has 1 nitrogen and oxygen atoms in total. The molecule has 1 atom stereocenters. The van der Waals surface area contributed by atoms with Crippen LogP contribution in [0.15, 0.2) is 24.3 Å². The van der Waals surface area contributed by atoms with E-state index >= 15 is 0 Å². The molecule has 0 saturated heterocycles. The first kappa shape index (κ1) is 9.41. The first-order valence-corrected chi connectivity index (χ1v) is 4.89. The first-order valence-electron chi connectivity index (χ1n) is 4.89. The molecule has 1 aliphatic rings. The van der Waals surface area contributed by atoms with Crippen LogP contribution in [0.1, 0.15) is 24.0 Å². The smallest absolute Gasteiger partial charge is 0.124 e. The summed E-state index contributed by atoms with van der Waals surface area (Å²) in [5.74, 6) is -0.165. The SMILES string of the molecule is Cc1cc(F)cc(C2=CC(N)CC2)c1. The van der Waals surface area contributed by atoms with Crippen LogP contribution in [0.5, 0.6) is 0 Å². The fraction of sp³-hybridized carbons (Fsp3) is 0.333. The van der Waals surface area contributed by atoms with E-state index in [-0.39, 0.29) is 11.9 Å². The van der Waals surface area contributed by atoms with Gasteiger partial charge in [0.05, 0.1) is 0 Å². The topological polar surface area (TPSA) is 26.0 Å². The molecule has 0 spiro atoms. The molecule has 0 radical (unpaired) electrons. The van der Waals surface area contributed by atoms with Crippen LogP contribution in [0.4, 0.5) is 4.39 Å². The van der Waals surface area contributed by atoms with Gasteiger partial charge < -0.3 is 5.73 Å². The second-order valence-corrected chi connectivity index (χ2v) is 3.91. The van der Waals surface area contributed by atoms with Gasteiger partial charge in [0.15, 0.2) is 0 Å². The first-order chi connectivity index (χ1) is 6.65. The second-order valence-electron chi connectivity index (χ2n) is 3.91. The summed E-state index contributed by atoms with van der Waals surface area (Å²) in [6.07, 6.45) is 3.98. The van der Waals surface area contributed by atoms with Gasteiger partial charge >= 0.3 is 0 Å². The zero-order valence-corrected chi connectivity index (χ0v) is 8.26. The van der Waals surface area contributed by atoms with Gasteiger partial charge in [0.25, 0.3) is 0 Å². The lowest BCUT2D eigenvalue weighted by Gasteiger charge is -2.03. The predicted molar refractivity (Wildman–Crippen MR) is 56.3 cm³/mol. The average Bonchev–Trinajstić information content (AvgIpc) is 2.50. The van der Waals surface area contributed by atoms with E-state index < -0.39 is 0 Å². The van der Waals surface area contributed by atoms with Gasteiger partial charge in [0.1, 0.15) is 5.82 Å². The molecule has 2 rings (SSSR count). The number of rotatable bonds is 1. The highest BCUT2D eigenvalue weighted by molar-refractivity contribution is 5.68. The van der Waals surface area contributed by atoms with E-state index in [0.717, 1.165) is 24.0 Å². The molecule has 0 bridgehead atoms. The van der Waals surface area contributed by atoms with E-state index in [0.29, 0.717) is 0 Å². The molecule has 2 N–H and O–H groups in total. The van der Waals surface area contributed by atoms with Crippen molar-refractivity contribution in [3.63, 3.8) is 0 Å².